The van der Waals surface area contributed by atoms with Gasteiger partial charge in [0.2, 0.25) is 0 Å². The van der Waals surface area contributed by atoms with E-state index in [0.29, 0.717) is 11.4 Å². The molecular weight excluding hydrogens is 254 g/mol. The van der Waals surface area contributed by atoms with Crippen LogP contribution in [0.5, 0.6) is 0 Å². The van der Waals surface area contributed by atoms with Gasteiger partial charge in [-0.25, -0.2) is 14.8 Å². The second-order valence-corrected chi connectivity index (χ2v) is 4.08. The van der Waals surface area contributed by atoms with Crippen LogP contribution in [0.2, 0.25) is 0 Å². The van der Waals surface area contributed by atoms with Crippen molar-refractivity contribution >= 4 is 5.97 Å². The van der Waals surface area contributed by atoms with E-state index >= 15 is 0 Å². The van der Waals surface area contributed by atoms with E-state index < -0.39 is 5.97 Å². The molecule has 0 saturated heterocycles. The number of rotatable bonds is 3. The quantitative estimate of drug-likeness (QED) is 0.728. The lowest BCUT2D eigenvalue weighted by atomic mass is 10.2. The van der Waals surface area contributed by atoms with Crippen LogP contribution in [-0.2, 0) is 0 Å². The van der Waals surface area contributed by atoms with Gasteiger partial charge in [-0.3, -0.25) is 0 Å². The van der Waals surface area contributed by atoms with Crippen LogP contribution in [0.25, 0.3) is 11.4 Å². The summed E-state index contributed by atoms with van der Waals surface area (Å²) in [7, 11) is 0. The lowest BCUT2D eigenvalue weighted by molar-refractivity contribution is 0.0462. The molecule has 0 amide bonds. The van der Waals surface area contributed by atoms with Crippen molar-refractivity contribution in [2.75, 3.05) is 0 Å². The van der Waals surface area contributed by atoms with Crippen molar-refractivity contribution in [3.8, 4) is 11.4 Å². The van der Waals surface area contributed by atoms with Crippen molar-refractivity contribution in [3.63, 3.8) is 0 Å². The van der Waals surface area contributed by atoms with Crippen molar-refractivity contribution in [3.05, 3.63) is 72.8 Å². The zero-order chi connectivity index (χ0) is 13.8. The Morgan fingerprint density at radius 2 is 1.60 bits per heavy atom. The van der Waals surface area contributed by atoms with Gasteiger partial charge in [-0.2, -0.15) is 4.73 Å². The van der Waals surface area contributed by atoms with Crippen molar-refractivity contribution in [2.24, 2.45) is 0 Å². The van der Waals surface area contributed by atoms with Gasteiger partial charge in [0, 0.05) is 30.4 Å². The molecule has 1 aromatic carbocycles. The van der Waals surface area contributed by atoms with Crippen molar-refractivity contribution in [2.45, 2.75) is 0 Å². The Morgan fingerprint density at radius 1 is 0.950 bits per heavy atom. The highest BCUT2D eigenvalue weighted by atomic mass is 16.7. The molecule has 3 aromatic rings. The first-order valence-electron chi connectivity index (χ1n) is 6.06. The van der Waals surface area contributed by atoms with Crippen LogP contribution in [0.4, 0.5) is 0 Å². The Hall–Kier alpha value is -2.95. The van der Waals surface area contributed by atoms with Gasteiger partial charge >= 0.3 is 5.97 Å². The Bertz CT molecular complexity index is 692. The fourth-order valence-corrected chi connectivity index (χ4v) is 1.70. The average Bonchev–Trinajstić information content (AvgIpc) is 3.01. The highest BCUT2D eigenvalue weighted by Gasteiger charge is 2.10. The molecule has 2 heterocycles. The molecule has 5 nitrogen and oxygen atoms in total. The zero-order valence-electron chi connectivity index (χ0n) is 10.5. The molecule has 0 N–H and O–H groups in total. The molecule has 3 rings (SSSR count). The van der Waals surface area contributed by atoms with E-state index in [0.717, 1.165) is 5.56 Å². The van der Waals surface area contributed by atoms with E-state index in [1.54, 1.807) is 24.5 Å². The van der Waals surface area contributed by atoms with E-state index in [4.69, 9.17) is 4.84 Å². The minimum Gasteiger partial charge on any atom is -0.332 e. The van der Waals surface area contributed by atoms with E-state index in [1.807, 2.05) is 30.3 Å². The van der Waals surface area contributed by atoms with Crippen molar-refractivity contribution in [1.29, 1.82) is 0 Å². The summed E-state index contributed by atoms with van der Waals surface area (Å²) in [6, 6.07) is 13.1. The van der Waals surface area contributed by atoms with Crippen LogP contribution in [0.3, 0.4) is 0 Å². The van der Waals surface area contributed by atoms with Crippen LogP contribution in [0.1, 0.15) is 10.4 Å². The number of carbonyl (C=O) groups excluding carboxylic acids is 1. The fourth-order valence-electron chi connectivity index (χ4n) is 1.70. The lowest BCUT2D eigenvalue weighted by Crippen LogP contribution is -2.18. The molecule has 0 aliphatic heterocycles. The highest BCUT2D eigenvalue weighted by Crippen LogP contribution is 2.13. The second kappa shape index (κ2) is 5.36. The first kappa shape index (κ1) is 12.1. The average molecular weight is 265 g/mol. The van der Waals surface area contributed by atoms with Gasteiger partial charge in [0.1, 0.15) is 0 Å². The first-order valence-corrected chi connectivity index (χ1v) is 6.06. The molecule has 98 valence electrons. The summed E-state index contributed by atoms with van der Waals surface area (Å²) in [6.45, 7) is 0. The Labute approximate surface area is 115 Å². The molecule has 0 bridgehead atoms. The summed E-state index contributed by atoms with van der Waals surface area (Å²) < 4.78 is 1.33. The number of carbonyl (C=O) groups is 1. The van der Waals surface area contributed by atoms with Crippen LogP contribution < -0.4 is 4.84 Å². The molecule has 0 unspecified atom stereocenters. The van der Waals surface area contributed by atoms with Crippen LogP contribution >= 0.6 is 0 Å². The van der Waals surface area contributed by atoms with E-state index in [1.165, 1.54) is 17.1 Å². The minimum absolute atomic E-state index is 0.304. The van der Waals surface area contributed by atoms with Gasteiger partial charge < -0.3 is 4.84 Å². The predicted octanol–water partition coefficient (Wildman–Crippen LogP) is 2.21. The number of hydrogen-bond donors (Lipinski definition) is 0. The topological polar surface area (TPSA) is 57.0 Å². The molecule has 0 atom stereocenters. The Morgan fingerprint density at radius 3 is 2.25 bits per heavy atom. The summed E-state index contributed by atoms with van der Waals surface area (Å²) in [4.78, 5) is 25.3. The third-order valence-electron chi connectivity index (χ3n) is 2.68. The molecule has 0 aliphatic carbocycles. The third-order valence-corrected chi connectivity index (χ3v) is 2.68. The van der Waals surface area contributed by atoms with Gasteiger partial charge in [-0.05, 0) is 12.1 Å². The summed E-state index contributed by atoms with van der Waals surface area (Å²) in [5, 5.41) is 0. The maximum Gasteiger partial charge on any atom is 0.366 e. The maximum absolute atomic E-state index is 11.8. The smallest absolute Gasteiger partial charge is 0.332 e. The second-order valence-electron chi connectivity index (χ2n) is 4.08. The maximum atomic E-state index is 11.8. The molecule has 2 aromatic heterocycles. The van der Waals surface area contributed by atoms with Crippen LogP contribution in [0, 0.1) is 0 Å². The van der Waals surface area contributed by atoms with Crippen molar-refractivity contribution < 1.29 is 9.63 Å². The van der Waals surface area contributed by atoms with Gasteiger partial charge in [0.25, 0.3) is 0 Å². The lowest BCUT2D eigenvalue weighted by Gasteiger charge is -2.04. The summed E-state index contributed by atoms with van der Waals surface area (Å²) in [6.07, 6.45) is 6.19. The Kier molecular flexibility index (Phi) is 3.24. The SMILES string of the molecule is O=C(On1cccc1)c1cnc(-c2ccccc2)nc1. The largest absolute Gasteiger partial charge is 0.366 e. The molecule has 0 fully saturated rings. The summed E-state index contributed by atoms with van der Waals surface area (Å²) in [5.41, 5.74) is 1.20. The van der Waals surface area contributed by atoms with Crippen molar-refractivity contribution in [1.82, 2.24) is 14.7 Å². The van der Waals surface area contributed by atoms with Gasteiger partial charge in [0.05, 0.1) is 5.56 Å². The molecule has 0 aliphatic rings. The summed E-state index contributed by atoms with van der Waals surface area (Å²) in [5.74, 6) is 0.0731. The van der Waals surface area contributed by atoms with Crippen LogP contribution in [0.15, 0.2) is 67.3 Å². The normalized spacial score (nSPS) is 10.2. The number of nitrogens with zero attached hydrogens (tertiary/aromatic N) is 3. The third kappa shape index (κ3) is 2.56. The number of benzene rings is 1. The van der Waals surface area contributed by atoms with Gasteiger partial charge in [-0.1, -0.05) is 30.3 Å². The van der Waals surface area contributed by atoms with Gasteiger partial charge in [-0.15, -0.1) is 0 Å². The number of hydrogen-bond acceptors (Lipinski definition) is 4. The Balaban J connectivity index is 1.78. The van der Waals surface area contributed by atoms with Gasteiger partial charge in [0.15, 0.2) is 5.82 Å². The van der Waals surface area contributed by atoms with E-state index in [2.05, 4.69) is 9.97 Å². The first-order chi connectivity index (χ1) is 9.83. The molecular formula is C15H11N3O2. The van der Waals surface area contributed by atoms with E-state index in [-0.39, 0.29) is 0 Å². The predicted molar refractivity (Wildman–Crippen MR) is 72.8 cm³/mol. The molecule has 5 heteroatoms. The molecule has 0 saturated carbocycles. The zero-order valence-corrected chi connectivity index (χ0v) is 10.5. The monoisotopic (exact) mass is 265 g/mol. The van der Waals surface area contributed by atoms with Crippen LogP contribution in [-0.4, -0.2) is 20.7 Å². The highest BCUT2D eigenvalue weighted by molar-refractivity contribution is 5.89. The minimum atomic E-state index is -0.499. The molecule has 20 heavy (non-hydrogen) atoms. The fraction of sp³-hybridized carbons (Fsp3) is 0. The summed E-state index contributed by atoms with van der Waals surface area (Å²) >= 11 is 0. The number of aromatic nitrogens is 3. The molecule has 0 radical (unpaired) electrons. The standard InChI is InChI=1S/C15H11N3O2/c19-15(20-18-8-4-5-9-18)13-10-16-14(17-11-13)12-6-2-1-3-7-12/h1-11H. The molecule has 0 spiro atoms. The van der Waals surface area contributed by atoms with E-state index in [9.17, 15) is 4.79 Å².